The highest BCUT2D eigenvalue weighted by atomic mass is 16.6. The summed E-state index contributed by atoms with van der Waals surface area (Å²) in [5.41, 5.74) is 0.862. The highest BCUT2D eigenvalue weighted by Crippen LogP contribution is 2.47. The van der Waals surface area contributed by atoms with Crippen LogP contribution in [0.5, 0.6) is 0 Å². The van der Waals surface area contributed by atoms with Crippen LogP contribution in [0.25, 0.3) is 0 Å². The summed E-state index contributed by atoms with van der Waals surface area (Å²) in [6.07, 6.45) is 6.67. The van der Waals surface area contributed by atoms with E-state index in [2.05, 4.69) is 10.6 Å². The third kappa shape index (κ3) is 8.19. The van der Waals surface area contributed by atoms with E-state index in [4.69, 9.17) is 9.47 Å². The number of amides is 4. The molecule has 2 heterocycles. The van der Waals surface area contributed by atoms with Crippen molar-refractivity contribution in [2.75, 3.05) is 13.1 Å². The van der Waals surface area contributed by atoms with Gasteiger partial charge in [0.2, 0.25) is 11.8 Å². The lowest BCUT2D eigenvalue weighted by atomic mass is 10.0. The van der Waals surface area contributed by atoms with Gasteiger partial charge >= 0.3 is 18.2 Å². The second-order valence-corrected chi connectivity index (χ2v) is 13.6. The third-order valence-corrected chi connectivity index (χ3v) is 10.3. The normalized spacial score (nSPS) is 25.9. The Hall–Kier alpha value is -3.83. The first-order valence-electron chi connectivity index (χ1n) is 17.5. The van der Waals surface area contributed by atoms with Gasteiger partial charge in [0, 0.05) is 19.5 Å². The number of hydrogen-bond acceptors (Lipinski definition) is 7. The van der Waals surface area contributed by atoms with Crippen LogP contribution >= 0.6 is 0 Å². The Morgan fingerprint density at radius 3 is 2.43 bits per heavy atom. The quantitative estimate of drug-likeness (QED) is 0.280. The van der Waals surface area contributed by atoms with Crippen molar-refractivity contribution < 1.29 is 38.6 Å². The number of carboxylic acid groups (broad SMARTS) is 1. The molecule has 258 valence electrons. The molecule has 1 aromatic rings. The van der Waals surface area contributed by atoms with Crippen molar-refractivity contribution in [1.82, 2.24) is 20.4 Å². The van der Waals surface area contributed by atoms with Crippen LogP contribution in [-0.2, 0) is 36.8 Å². The number of carbonyl (C=O) groups is 5. The number of nitrogens with zero attached hydrogens (tertiary/aromatic N) is 2. The molecule has 0 bridgehead atoms. The van der Waals surface area contributed by atoms with Gasteiger partial charge in [0.1, 0.15) is 29.8 Å². The molecular weight excluding hydrogens is 604 g/mol. The summed E-state index contributed by atoms with van der Waals surface area (Å²) in [6, 6.07) is 5.92. The predicted octanol–water partition coefficient (Wildman–Crippen LogP) is 4.53. The summed E-state index contributed by atoms with van der Waals surface area (Å²) in [5.74, 6) is -2.34. The minimum absolute atomic E-state index is 0.0239. The maximum Gasteiger partial charge on any atom is 0.410 e. The van der Waals surface area contributed by atoms with Crippen LogP contribution in [-0.4, -0.2) is 87.8 Å². The maximum absolute atomic E-state index is 14.1. The molecule has 1 unspecified atom stereocenters. The number of fused-ring (bicyclic) bond motifs is 1. The highest BCUT2D eigenvalue weighted by molar-refractivity contribution is 5.96. The topological polar surface area (TPSA) is 155 Å². The summed E-state index contributed by atoms with van der Waals surface area (Å²) in [6.45, 7) is 4.85. The number of hydrogen-bond donors (Lipinski definition) is 3. The van der Waals surface area contributed by atoms with Crippen molar-refractivity contribution >= 4 is 30.0 Å². The van der Waals surface area contributed by atoms with Gasteiger partial charge in [0.05, 0.1) is 6.54 Å². The number of ether oxygens (including phenoxy) is 2. The molecule has 2 aliphatic heterocycles. The van der Waals surface area contributed by atoms with Gasteiger partial charge in [-0.25, -0.2) is 14.4 Å². The van der Waals surface area contributed by atoms with E-state index < -0.39 is 53.7 Å². The number of nitrogens with one attached hydrogen (secondary N) is 2. The van der Waals surface area contributed by atoms with E-state index in [1.165, 1.54) is 10.5 Å². The monoisotopic (exact) mass is 654 g/mol. The average Bonchev–Trinajstić information content (AvgIpc) is 3.34. The van der Waals surface area contributed by atoms with E-state index >= 15 is 0 Å². The summed E-state index contributed by atoms with van der Waals surface area (Å²) in [7, 11) is 0. The van der Waals surface area contributed by atoms with E-state index in [0.717, 1.165) is 50.5 Å². The van der Waals surface area contributed by atoms with Gasteiger partial charge in [-0.15, -0.1) is 0 Å². The molecule has 0 radical (unpaired) electrons. The Labute approximate surface area is 276 Å². The summed E-state index contributed by atoms with van der Waals surface area (Å²) in [5, 5.41) is 15.6. The zero-order valence-electron chi connectivity index (χ0n) is 27.7. The van der Waals surface area contributed by atoms with E-state index in [1.807, 2.05) is 38.1 Å². The van der Waals surface area contributed by atoms with Gasteiger partial charge in [-0.1, -0.05) is 63.8 Å². The van der Waals surface area contributed by atoms with Gasteiger partial charge in [-0.05, 0) is 68.4 Å². The van der Waals surface area contributed by atoms with E-state index in [9.17, 15) is 29.1 Å². The summed E-state index contributed by atoms with van der Waals surface area (Å²) >= 11 is 0. The molecule has 2 aliphatic carbocycles. The third-order valence-electron chi connectivity index (χ3n) is 10.3. The molecule has 2 saturated carbocycles. The van der Waals surface area contributed by atoms with Gasteiger partial charge in [-0.3, -0.25) is 9.59 Å². The molecule has 12 nitrogen and oxygen atoms in total. The average molecular weight is 655 g/mol. The van der Waals surface area contributed by atoms with Crippen molar-refractivity contribution in [1.29, 1.82) is 0 Å². The Kier molecular flexibility index (Phi) is 11.3. The Morgan fingerprint density at radius 1 is 1.00 bits per heavy atom. The van der Waals surface area contributed by atoms with Crippen molar-refractivity contribution in [2.24, 2.45) is 5.92 Å². The molecule has 12 heteroatoms. The first-order valence-corrected chi connectivity index (χ1v) is 17.5. The fraction of sp³-hybridized carbons (Fsp3) is 0.686. The van der Waals surface area contributed by atoms with E-state index in [0.29, 0.717) is 45.2 Å². The summed E-state index contributed by atoms with van der Waals surface area (Å²) in [4.78, 5) is 69.5. The van der Waals surface area contributed by atoms with Crippen LogP contribution in [0.15, 0.2) is 24.3 Å². The largest absolute Gasteiger partial charge is 0.479 e. The predicted molar refractivity (Wildman–Crippen MR) is 172 cm³/mol. The lowest BCUT2D eigenvalue weighted by Crippen LogP contribution is -2.56. The molecule has 5 atom stereocenters. The molecule has 47 heavy (non-hydrogen) atoms. The highest BCUT2D eigenvalue weighted by Gasteiger charge is 2.62. The molecule has 3 N–H and O–H groups in total. The lowest BCUT2D eigenvalue weighted by Gasteiger charge is -2.30. The number of rotatable bonds is 13. The van der Waals surface area contributed by atoms with Gasteiger partial charge in [-0.2, -0.15) is 0 Å². The number of aliphatic carboxylic acids is 1. The van der Waals surface area contributed by atoms with Crippen LogP contribution in [0.1, 0.15) is 102 Å². The zero-order valence-corrected chi connectivity index (χ0v) is 27.7. The maximum atomic E-state index is 14.1. The van der Waals surface area contributed by atoms with Crippen molar-refractivity contribution in [3.63, 3.8) is 0 Å². The number of carboxylic acids is 1. The fourth-order valence-electron chi connectivity index (χ4n) is 7.34. The number of unbranched alkanes of at least 4 members (excludes halogenated alkanes) is 2. The van der Waals surface area contributed by atoms with Crippen LogP contribution in [0, 0.1) is 5.92 Å². The number of carbonyl (C=O) groups excluding carboxylic acids is 4. The van der Waals surface area contributed by atoms with Crippen LogP contribution < -0.4 is 10.6 Å². The first-order chi connectivity index (χ1) is 22.6. The van der Waals surface area contributed by atoms with Crippen molar-refractivity contribution in [3.8, 4) is 0 Å². The van der Waals surface area contributed by atoms with Gasteiger partial charge in [0.15, 0.2) is 0 Å². The molecule has 4 aliphatic rings. The van der Waals surface area contributed by atoms with Gasteiger partial charge < -0.3 is 35.0 Å². The minimum Gasteiger partial charge on any atom is -0.479 e. The second-order valence-electron chi connectivity index (χ2n) is 13.6. The van der Waals surface area contributed by atoms with E-state index in [1.54, 1.807) is 4.90 Å². The molecule has 1 saturated heterocycles. The number of likely N-dealkylation sites (tertiary alicyclic amines) is 1. The molecule has 5 rings (SSSR count). The first kappa shape index (κ1) is 34.5. The SMILES string of the molecule is CCCCC(NC(=O)OC1CCCC1)C(=O)N1C[C@H](OC(=O)N2CCc3ccccc3C2)C[C@H]1C(=O)N[C@]1(C(=O)O)C[C@H]1CCCC. The lowest BCUT2D eigenvalue weighted by molar-refractivity contribution is -0.146. The fourth-order valence-corrected chi connectivity index (χ4v) is 7.34. The molecule has 0 spiro atoms. The minimum atomic E-state index is -1.37. The molecule has 3 fully saturated rings. The number of alkyl carbamates (subject to hydrolysis) is 1. The zero-order chi connectivity index (χ0) is 33.6. The standard InChI is InChI=1S/C35H50N4O8/c1-3-5-13-25-20-35(25,32(42)43)37-30(40)29-19-27(47-34(45)38-18-17-23-11-7-8-12-24(23)21-38)22-39(29)31(41)28(16-6-4-2)36-33(44)46-26-14-9-10-15-26/h7-8,11-12,25-29H,3-6,9-10,13-22H2,1-2H3,(H,36,44)(H,37,40)(H,42,43)/t25-,27-,28?,29+,35-/m1/s1. The van der Waals surface area contributed by atoms with Crippen LogP contribution in [0.4, 0.5) is 9.59 Å². The van der Waals surface area contributed by atoms with E-state index in [-0.39, 0.29) is 25.0 Å². The molecule has 1 aromatic carbocycles. The van der Waals surface area contributed by atoms with Crippen LogP contribution in [0.2, 0.25) is 0 Å². The Balaban J connectivity index is 1.31. The Morgan fingerprint density at radius 2 is 1.72 bits per heavy atom. The smallest absolute Gasteiger partial charge is 0.410 e. The number of benzene rings is 1. The Bertz CT molecular complexity index is 1320. The molecular formula is C35H50N4O8. The van der Waals surface area contributed by atoms with Gasteiger partial charge in [0.25, 0.3) is 0 Å². The second kappa shape index (κ2) is 15.4. The summed E-state index contributed by atoms with van der Waals surface area (Å²) < 4.78 is 11.5. The molecule has 4 amide bonds. The van der Waals surface area contributed by atoms with Crippen molar-refractivity contribution in [3.05, 3.63) is 35.4 Å². The van der Waals surface area contributed by atoms with Crippen LogP contribution in [0.3, 0.4) is 0 Å². The molecule has 0 aromatic heterocycles. The van der Waals surface area contributed by atoms with Crippen molar-refractivity contribution in [2.45, 2.75) is 134 Å².